The summed E-state index contributed by atoms with van der Waals surface area (Å²) in [5.74, 6) is -1.11. The molecule has 118 valence electrons. The van der Waals surface area contributed by atoms with Crippen LogP contribution in [0.15, 0.2) is 0 Å². The van der Waals surface area contributed by atoms with E-state index in [0.29, 0.717) is 13.0 Å². The summed E-state index contributed by atoms with van der Waals surface area (Å²) in [5.41, 5.74) is 0. The fourth-order valence-electron chi connectivity index (χ4n) is 1.49. The van der Waals surface area contributed by atoms with Gasteiger partial charge in [0.05, 0.1) is 5.75 Å². The zero-order valence-electron chi connectivity index (χ0n) is 12.0. The molecule has 0 unspecified atom stereocenters. The number of amides is 2. The van der Waals surface area contributed by atoms with Crippen LogP contribution in [0.5, 0.6) is 0 Å². The largest absolute Gasteiger partial charge is 0.481 e. The number of rotatable bonds is 9. The van der Waals surface area contributed by atoms with Crippen LogP contribution in [0.1, 0.15) is 26.7 Å². The molecule has 0 rings (SSSR count). The first-order chi connectivity index (χ1) is 9.19. The molecule has 0 radical (unpaired) electrons. The van der Waals surface area contributed by atoms with Crippen LogP contribution < -0.4 is 10.0 Å². The lowest BCUT2D eigenvalue weighted by Gasteiger charge is -2.26. The van der Waals surface area contributed by atoms with Crippen LogP contribution in [0.3, 0.4) is 0 Å². The summed E-state index contributed by atoms with van der Waals surface area (Å²) in [6.45, 7) is 3.94. The van der Waals surface area contributed by atoms with E-state index in [9.17, 15) is 18.0 Å². The molecule has 0 bridgehead atoms. The van der Waals surface area contributed by atoms with Gasteiger partial charge in [-0.1, -0.05) is 0 Å². The predicted molar refractivity (Wildman–Crippen MR) is 75.0 cm³/mol. The van der Waals surface area contributed by atoms with Crippen molar-refractivity contribution >= 4 is 22.0 Å². The van der Waals surface area contributed by atoms with E-state index in [1.807, 2.05) is 13.8 Å². The van der Waals surface area contributed by atoms with E-state index < -0.39 is 22.0 Å². The Labute approximate surface area is 119 Å². The van der Waals surface area contributed by atoms with E-state index in [2.05, 4.69) is 10.0 Å². The third-order valence-corrected chi connectivity index (χ3v) is 4.00. The number of carbonyl (C=O) groups is 2. The van der Waals surface area contributed by atoms with Crippen LogP contribution in [0.2, 0.25) is 0 Å². The number of carboxylic acids is 1. The standard InChI is InChI=1S/C11H23N3O5S/c1-9(2)14(7-4-5-10(15)16)11(17)13-6-8-20(18,19)12-3/h9,12H,4-8H2,1-3H3,(H,13,17)(H,15,16). The Morgan fingerprint density at radius 2 is 1.90 bits per heavy atom. The second kappa shape index (κ2) is 8.75. The molecule has 0 heterocycles. The highest BCUT2D eigenvalue weighted by Crippen LogP contribution is 2.02. The quantitative estimate of drug-likeness (QED) is 0.546. The highest BCUT2D eigenvalue weighted by molar-refractivity contribution is 7.89. The molecule has 2 amide bonds. The Bertz CT molecular complexity index is 422. The maximum Gasteiger partial charge on any atom is 0.317 e. The number of nitrogens with one attached hydrogen (secondary N) is 2. The van der Waals surface area contributed by atoms with Gasteiger partial charge in [0.2, 0.25) is 10.0 Å². The molecule has 0 fully saturated rings. The van der Waals surface area contributed by atoms with Crippen LogP contribution in [0.4, 0.5) is 4.79 Å². The van der Waals surface area contributed by atoms with Crippen molar-refractivity contribution in [1.29, 1.82) is 0 Å². The number of carbonyl (C=O) groups excluding carboxylic acids is 1. The Hall–Kier alpha value is -1.35. The fourth-order valence-corrected chi connectivity index (χ4v) is 2.07. The van der Waals surface area contributed by atoms with Crippen LogP contribution in [-0.2, 0) is 14.8 Å². The van der Waals surface area contributed by atoms with Crippen LogP contribution in [0, 0.1) is 0 Å². The van der Waals surface area contributed by atoms with Gasteiger partial charge >= 0.3 is 12.0 Å². The van der Waals surface area contributed by atoms with Gasteiger partial charge in [-0.2, -0.15) is 0 Å². The Morgan fingerprint density at radius 1 is 1.30 bits per heavy atom. The number of hydrogen-bond acceptors (Lipinski definition) is 4. The van der Waals surface area contributed by atoms with Crippen molar-refractivity contribution in [2.75, 3.05) is 25.9 Å². The number of carboxylic acid groups (broad SMARTS) is 1. The SMILES string of the molecule is CNS(=O)(=O)CCNC(=O)N(CCCC(=O)O)C(C)C. The normalized spacial score (nSPS) is 11.4. The number of hydrogen-bond donors (Lipinski definition) is 3. The minimum atomic E-state index is -3.35. The molecule has 0 aromatic carbocycles. The van der Waals surface area contributed by atoms with Crippen molar-refractivity contribution in [2.24, 2.45) is 0 Å². The number of urea groups is 1. The maximum absolute atomic E-state index is 11.9. The number of sulfonamides is 1. The van der Waals surface area contributed by atoms with Crippen LogP contribution in [0.25, 0.3) is 0 Å². The highest BCUT2D eigenvalue weighted by atomic mass is 32.2. The highest BCUT2D eigenvalue weighted by Gasteiger charge is 2.17. The first kappa shape index (κ1) is 18.7. The van der Waals surface area contributed by atoms with Crippen molar-refractivity contribution in [1.82, 2.24) is 14.9 Å². The Balaban J connectivity index is 4.26. The lowest BCUT2D eigenvalue weighted by atomic mass is 10.2. The van der Waals surface area contributed by atoms with Gasteiger partial charge in [-0.05, 0) is 27.3 Å². The van der Waals surface area contributed by atoms with E-state index >= 15 is 0 Å². The van der Waals surface area contributed by atoms with Gasteiger partial charge in [-0.15, -0.1) is 0 Å². The first-order valence-electron chi connectivity index (χ1n) is 6.37. The fraction of sp³-hybridized carbons (Fsp3) is 0.818. The monoisotopic (exact) mass is 309 g/mol. The van der Waals surface area contributed by atoms with Gasteiger partial charge in [0.1, 0.15) is 0 Å². The molecule has 0 atom stereocenters. The molecule has 0 aromatic rings. The summed E-state index contributed by atoms with van der Waals surface area (Å²) in [4.78, 5) is 23.8. The van der Waals surface area contributed by atoms with Gasteiger partial charge < -0.3 is 15.3 Å². The van der Waals surface area contributed by atoms with E-state index in [0.717, 1.165) is 0 Å². The summed E-state index contributed by atoms with van der Waals surface area (Å²) >= 11 is 0. The summed E-state index contributed by atoms with van der Waals surface area (Å²) in [6, 6.07) is -0.485. The Morgan fingerprint density at radius 3 is 2.35 bits per heavy atom. The zero-order chi connectivity index (χ0) is 15.8. The maximum atomic E-state index is 11.9. The Kier molecular flexibility index (Phi) is 8.16. The van der Waals surface area contributed by atoms with Crippen LogP contribution in [-0.4, -0.2) is 62.4 Å². The molecule has 0 aliphatic carbocycles. The molecule has 0 saturated heterocycles. The van der Waals surface area contributed by atoms with Gasteiger partial charge in [0.25, 0.3) is 0 Å². The third-order valence-electron chi connectivity index (χ3n) is 2.63. The van der Waals surface area contributed by atoms with Crippen molar-refractivity contribution < 1.29 is 23.1 Å². The summed E-state index contributed by atoms with van der Waals surface area (Å²) in [5, 5.41) is 11.1. The smallest absolute Gasteiger partial charge is 0.317 e. The number of aliphatic carboxylic acids is 1. The molecule has 0 aliphatic rings. The molecule has 20 heavy (non-hydrogen) atoms. The lowest BCUT2D eigenvalue weighted by Crippen LogP contribution is -2.46. The van der Waals surface area contributed by atoms with Gasteiger partial charge in [0.15, 0.2) is 0 Å². The second-order valence-corrected chi connectivity index (χ2v) is 6.59. The van der Waals surface area contributed by atoms with Crippen molar-refractivity contribution in [3.05, 3.63) is 0 Å². The summed E-state index contributed by atoms with van der Waals surface area (Å²) in [6.07, 6.45) is 0.348. The number of nitrogens with zero attached hydrogens (tertiary/aromatic N) is 1. The molecule has 0 aromatic heterocycles. The van der Waals surface area contributed by atoms with Crippen molar-refractivity contribution in [3.63, 3.8) is 0 Å². The molecular weight excluding hydrogens is 286 g/mol. The van der Waals surface area contributed by atoms with Crippen molar-refractivity contribution in [2.45, 2.75) is 32.7 Å². The molecular formula is C11H23N3O5S. The molecule has 0 aliphatic heterocycles. The minimum absolute atomic E-state index is 0.00412. The van der Waals surface area contributed by atoms with E-state index in [-0.39, 0.29) is 24.8 Å². The van der Waals surface area contributed by atoms with Gasteiger partial charge in [-0.3, -0.25) is 4.79 Å². The minimum Gasteiger partial charge on any atom is -0.481 e. The van der Waals surface area contributed by atoms with Crippen LogP contribution >= 0.6 is 0 Å². The third kappa shape index (κ3) is 7.95. The molecule has 0 spiro atoms. The first-order valence-corrected chi connectivity index (χ1v) is 8.02. The van der Waals surface area contributed by atoms with Crippen molar-refractivity contribution in [3.8, 4) is 0 Å². The molecule has 3 N–H and O–H groups in total. The van der Waals surface area contributed by atoms with E-state index in [1.54, 1.807) is 0 Å². The van der Waals surface area contributed by atoms with E-state index in [4.69, 9.17) is 5.11 Å². The van der Waals surface area contributed by atoms with Gasteiger partial charge in [0, 0.05) is 25.6 Å². The predicted octanol–water partition coefficient (Wildman–Crippen LogP) is -0.180. The zero-order valence-corrected chi connectivity index (χ0v) is 12.9. The molecule has 8 nitrogen and oxygen atoms in total. The molecule has 9 heteroatoms. The summed E-state index contributed by atoms with van der Waals surface area (Å²) < 4.78 is 24.5. The topological polar surface area (TPSA) is 116 Å². The molecule has 0 saturated carbocycles. The average molecular weight is 309 g/mol. The lowest BCUT2D eigenvalue weighted by molar-refractivity contribution is -0.137. The average Bonchev–Trinajstić information content (AvgIpc) is 2.33. The van der Waals surface area contributed by atoms with Gasteiger partial charge in [-0.25, -0.2) is 17.9 Å². The van der Waals surface area contributed by atoms with E-state index in [1.165, 1.54) is 11.9 Å². The summed E-state index contributed by atoms with van der Waals surface area (Å²) in [7, 11) is -2.04. The second-order valence-electron chi connectivity index (χ2n) is 4.54.